The number of likely N-dealkylation sites (tertiary alicyclic amines) is 1. The minimum absolute atomic E-state index is 0.0367. The van der Waals surface area contributed by atoms with Crippen LogP contribution in [0.5, 0.6) is 11.5 Å². The van der Waals surface area contributed by atoms with E-state index in [1.165, 1.54) is 0 Å². The van der Waals surface area contributed by atoms with E-state index in [-0.39, 0.29) is 18.5 Å². The summed E-state index contributed by atoms with van der Waals surface area (Å²) in [6.45, 7) is 1.54. The van der Waals surface area contributed by atoms with Gasteiger partial charge in [-0.15, -0.1) is 6.42 Å². The summed E-state index contributed by atoms with van der Waals surface area (Å²) in [5.41, 5.74) is 1.14. The van der Waals surface area contributed by atoms with Gasteiger partial charge in [-0.1, -0.05) is 12.0 Å². The van der Waals surface area contributed by atoms with Crippen molar-refractivity contribution in [3.63, 3.8) is 0 Å². The molecule has 1 amide bonds. The zero-order chi connectivity index (χ0) is 15.9. The maximum Gasteiger partial charge on any atom is 0.234 e. The van der Waals surface area contributed by atoms with Gasteiger partial charge in [0.15, 0.2) is 11.5 Å². The van der Waals surface area contributed by atoms with Gasteiger partial charge in [0.2, 0.25) is 5.91 Å². The molecule has 1 aromatic rings. The first-order valence-corrected chi connectivity index (χ1v) is 7.35. The van der Waals surface area contributed by atoms with Gasteiger partial charge < -0.3 is 14.8 Å². The fourth-order valence-electron chi connectivity index (χ4n) is 2.84. The first-order chi connectivity index (χ1) is 10.7. The van der Waals surface area contributed by atoms with Crippen molar-refractivity contribution in [2.75, 3.05) is 33.9 Å². The Kier molecular flexibility index (Phi) is 5.68. The fraction of sp³-hybridized carbons (Fsp3) is 0.471. The number of hydrogen-bond acceptors (Lipinski definition) is 4. The number of methoxy groups -OCH3 is 2. The molecule has 0 aromatic heterocycles. The Bertz CT molecular complexity index is 566. The highest BCUT2D eigenvalue weighted by atomic mass is 16.5. The van der Waals surface area contributed by atoms with E-state index < -0.39 is 0 Å². The van der Waals surface area contributed by atoms with Gasteiger partial charge in [0.05, 0.1) is 27.3 Å². The average molecular weight is 302 g/mol. The van der Waals surface area contributed by atoms with Crippen LogP contribution in [0.2, 0.25) is 0 Å². The van der Waals surface area contributed by atoms with E-state index in [1.807, 2.05) is 18.2 Å². The van der Waals surface area contributed by atoms with Gasteiger partial charge in [-0.2, -0.15) is 0 Å². The molecule has 1 heterocycles. The molecule has 0 saturated carbocycles. The molecule has 0 spiro atoms. The van der Waals surface area contributed by atoms with E-state index in [2.05, 4.69) is 16.1 Å². The summed E-state index contributed by atoms with van der Waals surface area (Å²) >= 11 is 0. The molecule has 1 saturated heterocycles. The molecule has 0 bridgehead atoms. The highest BCUT2D eigenvalue weighted by Crippen LogP contribution is 2.36. The summed E-state index contributed by atoms with van der Waals surface area (Å²) in [5.74, 6) is 3.80. The summed E-state index contributed by atoms with van der Waals surface area (Å²) in [4.78, 5) is 14.0. The molecule has 2 rings (SSSR count). The standard InChI is InChI=1S/C17H22N2O3/c1-4-9-18-17(20)12-19-10-5-6-14(19)13-7-8-15(21-2)16(11-13)22-3/h1,7-8,11,14H,5-6,9-10,12H2,2-3H3,(H,18,20). The molecule has 118 valence electrons. The zero-order valence-corrected chi connectivity index (χ0v) is 13.1. The minimum Gasteiger partial charge on any atom is -0.493 e. The third-order valence-electron chi connectivity index (χ3n) is 3.89. The molecular weight excluding hydrogens is 280 g/mol. The first kappa shape index (κ1) is 16.2. The summed E-state index contributed by atoms with van der Waals surface area (Å²) < 4.78 is 10.6. The monoisotopic (exact) mass is 302 g/mol. The van der Waals surface area contributed by atoms with Crippen LogP contribution in [0.1, 0.15) is 24.4 Å². The van der Waals surface area contributed by atoms with Crippen molar-refractivity contribution < 1.29 is 14.3 Å². The van der Waals surface area contributed by atoms with Gasteiger partial charge in [-0.25, -0.2) is 0 Å². The minimum atomic E-state index is -0.0367. The molecule has 1 fully saturated rings. The van der Waals surface area contributed by atoms with Gasteiger partial charge in [-0.3, -0.25) is 9.69 Å². The zero-order valence-electron chi connectivity index (χ0n) is 13.1. The van der Waals surface area contributed by atoms with Gasteiger partial charge in [0, 0.05) is 6.04 Å². The third-order valence-corrected chi connectivity index (χ3v) is 3.89. The fourth-order valence-corrected chi connectivity index (χ4v) is 2.84. The molecular formula is C17H22N2O3. The number of benzene rings is 1. The summed E-state index contributed by atoms with van der Waals surface area (Å²) in [7, 11) is 3.25. The van der Waals surface area contributed by atoms with Crippen LogP contribution < -0.4 is 14.8 Å². The molecule has 1 aliphatic rings. The van der Waals surface area contributed by atoms with Crippen LogP contribution in [-0.4, -0.2) is 44.7 Å². The highest BCUT2D eigenvalue weighted by Gasteiger charge is 2.28. The molecule has 1 N–H and O–H groups in total. The van der Waals surface area contributed by atoms with Crippen LogP contribution in [0.4, 0.5) is 0 Å². The largest absolute Gasteiger partial charge is 0.493 e. The number of hydrogen-bond donors (Lipinski definition) is 1. The Morgan fingerprint density at radius 2 is 2.18 bits per heavy atom. The Labute approximate surface area is 131 Å². The number of carbonyl (C=O) groups excluding carboxylic acids is 1. The number of ether oxygens (including phenoxy) is 2. The molecule has 5 nitrogen and oxygen atoms in total. The van der Waals surface area contributed by atoms with E-state index in [0.717, 1.165) is 24.9 Å². The number of terminal acetylenes is 1. The van der Waals surface area contributed by atoms with Crippen molar-refractivity contribution in [1.82, 2.24) is 10.2 Å². The molecule has 1 aliphatic heterocycles. The third kappa shape index (κ3) is 3.71. The highest BCUT2D eigenvalue weighted by molar-refractivity contribution is 5.78. The SMILES string of the molecule is C#CCNC(=O)CN1CCCC1c1ccc(OC)c(OC)c1. The van der Waals surface area contributed by atoms with Crippen LogP contribution in [0.3, 0.4) is 0 Å². The van der Waals surface area contributed by atoms with Crippen LogP contribution in [0, 0.1) is 12.3 Å². The Balaban J connectivity index is 2.10. The van der Waals surface area contributed by atoms with Gasteiger partial charge in [0.25, 0.3) is 0 Å². The molecule has 5 heteroatoms. The number of nitrogens with one attached hydrogen (secondary N) is 1. The van der Waals surface area contributed by atoms with Crippen molar-refractivity contribution in [3.05, 3.63) is 23.8 Å². The topological polar surface area (TPSA) is 50.8 Å². The Morgan fingerprint density at radius 1 is 1.41 bits per heavy atom. The second kappa shape index (κ2) is 7.71. The van der Waals surface area contributed by atoms with Gasteiger partial charge in [0.1, 0.15) is 0 Å². The average Bonchev–Trinajstić information content (AvgIpc) is 3.00. The van der Waals surface area contributed by atoms with Crippen molar-refractivity contribution in [2.24, 2.45) is 0 Å². The Hall–Kier alpha value is -2.19. The van der Waals surface area contributed by atoms with E-state index in [1.54, 1.807) is 14.2 Å². The van der Waals surface area contributed by atoms with E-state index in [9.17, 15) is 4.79 Å². The normalized spacial score (nSPS) is 17.8. The first-order valence-electron chi connectivity index (χ1n) is 7.35. The van der Waals surface area contributed by atoms with E-state index in [0.29, 0.717) is 18.0 Å². The second-order valence-electron chi connectivity index (χ2n) is 5.22. The molecule has 1 unspecified atom stereocenters. The van der Waals surface area contributed by atoms with Crippen molar-refractivity contribution in [3.8, 4) is 23.8 Å². The number of rotatable bonds is 6. The number of amides is 1. The number of nitrogens with zero attached hydrogens (tertiary/aromatic N) is 1. The second-order valence-corrected chi connectivity index (χ2v) is 5.22. The lowest BCUT2D eigenvalue weighted by Crippen LogP contribution is -2.37. The lowest BCUT2D eigenvalue weighted by Gasteiger charge is -2.24. The molecule has 0 radical (unpaired) electrons. The Morgan fingerprint density at radius 3 is 2.86 bits per heavy atom. The lowest BCUT2D eigenvalue weighted by molar-refractivity contribution is -0.122. The van der Waals surface area contributed by atoms with Crippen molar-refractivity contribution >= 4 is 5.91 Å². The predicted molar refractivity (Wildman–Crippen MR) is 84.9 cm³/mol. The van der Waals surface area contributed by atoms with E-state index >= 15 is 0 Å². The maximum absolute atomic E-state index is 11.9. The van der Waals surface area contributed by atoms with Crippen molar-refractivity contribution in [1.29, 1.82) is 0 Å². The van der Waals surface area contributed by atoms with Crippen LogP contribution in [0.15, 0.2) is 18.2 Å². The summed E-state index contributed by atoms with van der Waals surface area (Å²) in [6, 6.07) is 6.14. The molecule has 22 heavy (non-hydrogen) atoms. The predicted octanol–water partition coefficient (Wildman–Crippen LogP) is 1.59. The molecule has 1 aromatic carbocycles. The van der Waals surface area contributed by atoms with Crippen LogP contribution >= 0.6 is 0 Å². The quantitative estimate of drug-likeness (QED) is 0.811. The van der Waals surface area contributed by atoms with E-state index in [4.69, 9.17) is 15.9 Å². The molecule has 1 atom stereocenters. The molecule has 0 aliphatic carbocycles. The maximum atomic E-state index is 11.9. The van der Waals surface area contributed by atoms with Crippen LogP contribution in [-0.2, 0) is 4.79 Å². The smallest absolute Gasteiger partial charge is 0.234 e. The van der Waals surface area contributed by atoms with Crippen LogP contribution in [0.25, 0.3) is 0 Å². The van der Waals surface area contributed by atoms with Crippen molar-refractivity contribution in [2.45, 2.75) is 18.9 Å². The summed E-state index contributed by atoms with van der Waals surface area (Å²) in [5, 5.41) is 2.71. The van der Waals surface area contributed by atoms with Gasteiger partial charge in [-0.05, 0) is 37.1 Å². The number of carbonyl (C=O) groups is 1. The lowest BCUT2D eigenvalue weighted by atomic mass is 10.0. The summed E-state index contributed by atoms with van der Waals surface area (Å²) in [6.07, 6.45) is 7.26. The van der Waals surface area contributed by atoms with Gasteiger partial charge >= 0.3 is 0 Å².